The third-order valence-corrected chi connectivity index (χ3v) is 2.20. The normalized spacial score (nSPS) is 33.0. The molecule has 2 aliphatic rings. The van der Waals surface area contributed by atoms with Crippen molar-refractivity contribution in [1.29, 1.82) is 0 Å². The van der Waals surface area contributed by atoms with Gasteiger partial charge in [0.1, 0.15) is 0 Å². The maximum absolute atomic E-state index is 10.4. The van der Waals surface area contributed by atoms with Crippen LogP contribution in [0.15, 0.2) is 0 Å². The molecule has 0 aromatic carbocycles. The highest BCUT2D eigenvalue weighted by atomic mass is 16.6. The molecule has 2 unspecified atom stereocenters. The molecule has 0 aromatic heterocycles. The molecular formula is C11H18O6. The highest BCUT2D eigenvalue weighted by Gasteiger charge is 2.25. The van der Waals surface area contributed by atoms with E-state index in [1.807, 2.05) is 13.8 Å². The molecule has 0 bridgehead atoms. The van der Waals surface area contributed by atoms with Crippen molar-refractivity contribution in [1.82, 2.24) is 0 Å². The lowest BCUT2D eigenvalue weighted by Crippen LogP contribution is -2.35. The first-order valence-electron chi connectivity index (χ1n) is 5.58. The maximum atomic E-state index is 10.4. The molecule has 0 aromatic rings. The predicted octanol–water partition coefficient (Wildman–Crippen LogP) is 0.285. The van der Waals surface area contributed by atoms with Crippen molar-refractivity contribution >= 4 is 11.9 Å². The minimum absolute atomic E-state index is 0.247. The van der Waals surface area contributed by atoms with E-state index in [-0.39, 0.29) is 6.61 Å². The SMILES string of the molecule is CC1CO[C@@H](C)CO1.CC1OC(=O)COC1=O. The molecular weight excluding hydrogens is 228 g/mol. The second-order valence-electron chi connectivity index (χ2n) is 4.03. The number of cyclic esters (lactones) is 2. The van der Waals surface area contributed by atoms with Gasteiger partial charge in [-0.15, -0.1) is 0 Å². The summed E-state index contributed by atoms with van der Waals surface area (Å²) < 4.78 is 19.4. The number of carbonyl (C=O) groups excluding carboxylic acids is 2. The molecule has 0 amide bonds. The van der Waals surface area contributed by atoms with E-state index >= 15 is 0 Å². The Morgan fingerprint density at radius 1 is 1.00 bits per heavy atom. The van der Waals surface area contributed by atoms with Crippen LogP contribution < -0.4 is 0 Å². The second-order valence-corrected chi connectivity index (χ2v) is 4.03. The average Bonchev–Trinajstić information content (AvgIpc) is 2.29. The zero-order valence-electron chi connectivity index (χ0n) is 10.3. The van der Waals surface area contributed by atoms with Crippen LogP contribution in [0.5, 0.6) is 0 Å². The van der Waals surface area contributed by atoms with Gasteiger partial charge in [-0.05, 0) is 20.8 Å². The van der Waals surface area contributed by atoms with E-state index in [4.69, 9.17) is 9.47 Å². The van der Waals surface area contributed by atoms with E-state index in [2.05, 4.69) is 9.47 Å². The summed E-state index contributed by atoms with van der Waals surface area (Å²) >= 11 is 0. The fraction of sp³-hybridized carbons (Fsp3) is 0.818. The lowest BCUT2D eigenvalue weighted by Gasteiger charge is -2.24. The number of rotatable bonds is 0. The molecule has 3 atom stereocenters. The van der Waals surface area contributed by atoms with Crippen molar-refractivity contribution in [3.63, 3.8) is 0 Å². The van der Waals surface area contributed by atoms with Crippen LogP contribution in [0.4, 0.5) is 0 Å². The molecule has 98 valence electrons. The fourth-order valence-corrected chi connectivity index (χ4v) is 1.22. The predicted molar refractivity (Wildman–Crippen MR) is 57.3 cm³/mol. The fourth-order valence-electron chi connectivity index (χ4n) is 1.22. The first kappa shape index (κ1) is 13.9. The Balaban J connectivity index is 0.000000171. The summed E-state index contributed by atoms with van der Waals surface area (Å²) in [6.45, 7) is 6.77. The Kier molecular flexibility index (Phi) is 5.37. The zero-order chi connectivity index (χ0) is 12.8. The Bertz CT molecular complexity index is 259. The molecule has 17 heavy (non-hydrogen) atoms. The molecule has 2 rings (SSSR count). The summed E-state index contributed by atoms with van der Waals surface area (Å²) in [5, 5.41) is 0. The third-order valence-electron chi connectivity index (χ3n) is 2.20. The van der Waals surface area contributed by atoms with Crippen LogP contribution in [0.1, 0.15) is 20.8 Å². The number of hydrogen-bond acceptors (Lipinski definition) is 6. The number of carbonyl (C=O) groups is 2. The first-order valence-corrected chi connectivity index (χ1v) is 5.58. The van der Waals surface area contributed by atoms with Gasteiger partial charge in [-0.2, -0.15) is 0 Å². The molecule has 0 saturated carbocycles. The monoisotopic (exact) mass is 246 g/mol. The average molecular weight is 246 g/mol. The van der Waals surface area contributed by atoms with E-state index in [9.17, 15) is 9.59 Å². The van der Waals surface area contributed by atoms with Crippen LogP contribution in [0.2, 0.25) is 0 Å². The third kappa shape index (κ3) is 5.14. The van der Waals surface area contributed by atoms with Gasteiger partial charge in [0.15, 0.2) is 12.7 Å². The van der Waals surface area contributed by atoms with Crippen LogP contribution in [-0.2, 0) is 28.5 Å². The lowest BCUT2D eigenvalue weighted by atomic mass is 10.3. The smallest absolute Gasteiger partial charge is 0.347 e. The maximum Gasteiger partial charge on any atom is 0.347 e. The number of ether oxygens (including phenoxy) is 4. The molecule has 2 aliphatic heterocycles. The van der Waals surface area contributed by atoms with Gasteiger partial charge in [0, 0.05) is 0 Å². The van der Waals surface area contributed by atoms with Crippen LogP contribution in [0.25, 0.3) is 0 Å². The van der Waals surface area contributed by atoms with Gasteiger partial charge >= 0.3 is 11.9 Å². The number of hydrogen-bond donors (Lipinski definition) is 0. The van der Waals surface area contributed by atoms with E-state index in [0.29, 0.717) is 12.2 Å². The van der Waals surface area contributed by atoms with E-state index in [1.54, 1.807) is 0 Å². The molecule has 0 N–H and O–H groups in total. The summed E-state index contributed by atoms with van der Waals surface area (Å²) in [4.78, 5) is 20.8. The largest absolute Gasteiger partial charge is 0.451 e. The van der Waals surface area contributed by atoms with Crippen molar-refractivity contribution in [2.75, 3.05) is 19.8 Å². The van der Waals surface area contributed by atoms with Crippen LogP contribution in [-0.4, -0.2) is 50.1 Å². The van der Waals surface area contributed by atoms with Crippen LogP contribution in [0.3, 0.4) is 0 Å². The second kappa shape index (κ2) is 6.56. The minimum atomic E-state index is -0.730. The van der Waals surface area contributed by atoms with Crippen molar-refractivity contribution in [2.24, 2.45) is 0 Å². The van der Waals surface area contributed by atoms with Gasteiger partial charge < -0.3 is 18.9 Å². The quantitative estimate of drug-likeness (QED) is 0.572. The standard InChI is InChI=1S/C6H12O2.C5H6O4/c1-5-3-8-6(2)4-7-5;1-3-5(7)8-2-4(6)9-3/h5-6H,3-4H2,1-2H3;3H,2H2,1H3/t5-,6?;/m0./s1. The lowest BCUT2D eigenvalue weighted by molar-refractivity contribution is -0.183. The highest BCUT2D eigenvalue weighted by molar-refractivity contribution is 5.84. The van der Waals surface area contributed by atoms with Crippen molar-refractivity contribution in [3.8, 4) is 0 Å². The summed E-state index contributed by atoms with van der Waals surface area (Å²) in [6, 6.07) is 0. The molecule has 2 fully saturated rings. The molecule has 0 radical (unpaired) electrons. The summed E-state index contributed by atoms with van der Waals surface area (Å²) in [5.41, 5.74) is 0. The first-order chi connectivity index (χ1) is 7.99. The van der Waals surface area contributed by atoms with Gasteiger partial charge in [0.25, 0.3) is 0 Å². The zero-order valence-corrected chi connectivity index (χ0v) is 10.3. The van der Waals surface area contributed by atoms with Gasteiger partial charge in [-0.25, -0.2) is 9.59 Å². The molecule has 6 heteroatoms. The Morgan fingerprint density at radius 2 is 1.53 bits per heavy atom. The summed E-state index contributed by atoms with van der Waals surface area (Å²) in [6.07, 6.45) is -0.136. The molecule has 2 saturated heterocycles. The van der Waals surface area contributed by atoms with E-state index in [1.165, 1.54) is 6.92 Å². The number of esters is 2. The van der Waals surface area contributed by atoms with Gasteiger partial charge in [-0.3, -0.25) is 0 Å². The Hall–Kier alpha value is -1.14. The van der Waals surface area contributed by atoms with Crippen molar-refractivity contribution in [3.05, 3.63) is 0 Å². The van der Waals surface area contributed by atoms with Gasteiger partial charge in [-0.1, -0.05) is 0 Å². The van der Waals surface area contributed by atoms with Crippen molar-refractivity contribution in [2.45, 2.75) is 39.1 Å². The molecule has 0 spiro atoms. The Labute approximate surface area is 100 Å². The summed E-state index contributed by atoms with van der Waals surface area (Å²) in [5.74, 6) is -0.961. The van der Waals surface area contributed by atoms with E-state index < -0.39 is 18.0 Å². The Morgan fingerprint density at radius 3 is 1.88 bits per heavy atom. The highest BCUT2D eigenvalue weighted by Crippen LogP contribution is 2.04. The molecule has 2 heterocycles. The van der Waals surface area contributed by atoms with Gasteiger partial charge in [0.2, 0.25) is 0 Å². The minimum Gasteiger partial charge on any atom is -0.451 e. The summed E-state index contributed by atoms with van der Waals surface area (Å²) in [7, 11) is 0. The van der Waals surface area contributed by atoms with E-state index in [0.717, 1.165) is 13.2 Å². The van der Waals surface area contributed by atoms with Crippen LogP contribution in [0, 0.1) is 0 Å². The molecule has 0 aliphatic carbocycles. The van der Waals surface area contributed by atoms with Crippen LogP contribution >= 0.6 is 0 Å². The van der Waals surface area contributed by atoms with Gasteiger partial charge in [0.05, 0.1) is 25.4 Å². The topological polar surface area (TPSA) is 71.1 Å². The molecule has 6 nitrogen and oxygen atoms in total. The van der Waals surface area contributed by atoms with Crippen molar-refractivity contribution < 1.29 is 28.5 Å².